The first kappa shape index (κ1) is 13.0. The molecule has 1 aliphatic heterocycles. The van der Waals surface area contributed by atoms with Gasteiger partial charge in [-0.05, 0) is 6.42 Å². The van der Waals surface area contributed by atoms with Gasteiger partial charge in [0.25, 0.3) is 0 Å². The Labute approximate surface area is 95.4 Å². The molecule has 0 saturated carbocycles. The van der Waals surface area contributed by atoms with Crippen molar-refractivity contribution in [2.45, 2.75) is 38.6 Å². The van der Waals surface area contributed by atoms with Crippen LogP contribution in [0.4, 0.5) is 0 Å². The Bertz CT molecular complexity index is 254. The lowest BCUT2D eigenvalue weighted by molar-refractivity contribution is -0.158. The van der Waals surface area contributed by atoms with Crippen LogP contribution < -0.4 is 0 Å². The number of unbranched alkanes of at least 4 members (excludes halogenated alkanes) is 2. The van der Waals surface area contributed by atoms with Gasteiger partial charge < -0.3 is 14.7 Å². The van der Waals surface area contributed by atoms with Crippen LogP contribution in [0.2, 0.25) is 0 Å². The van der Waals surface area contributed by atoms with E-state index in [4.69, 9.17) is 9.84 Å². The van der Waals surface area contributed by atoms with Crippen molar-refractivity contribution in [3.05, 3.63) is 0 Å². The molecule has 0 radical (unpaired) electrons. The fraction of sp³-hybridized carbons (Fsp3) is 0.818. The standard InChI is InChI=1S/C11H19NO4/c1-2-3-4-5-10(13)12-6-7-16-8-9(12)11(14)15/h9H,2-8H2,1H3,(H,14,15). The molecular formula is C11H19NO4. The van der Waals surface area contributed by atoms with E-state index in [1.165, 1.54) is 4.90 Å². The SMILES string of the molecule is CCCCCC(=O)N1CCOCC1C(=O)O. The summed E-state index contributed by atoms with van der Waals surface area (Å²) in [4.78, 5) is 24.2. The van der Waals surface area contributed by atoms with Crippen LogP contribution >= 0.6 is 0 Å². The van der Waals surface area contributed by atoms with E-state index in [0.29, 0.717) is 19.6 Å². The summed E-state index contributed by atoms with van der Waals surface area (Å²) in [5.74, 6) is -1.05. The summed E-state index contributed by atoms with van der Waals surface area (Å²) in [7, 11) is 0. The molecule has 0 bridgehead atoms. The number of aliphatic carboxylic acids is 1. The van der Waals surface area contributed by atoms with Crippen molar-refractivity contribution in [1.29, 1.82) is 0 Å². The van der Waals surface area contributed by atoms with Gasteiger partial charge in [-0.15, -0.1) is 0 Å². The zero-order valence-electron chi connectivity index (χ0n) is 9.65. The van der Waals surface area contributed by atoms with Crippen LogP contribution in [0.15, 0.2) is 0 Å². The average molecular weight is 229 g/mol. The maximum absolute atomic E-state index is 11.8. The van der Waals surface area contributed by atoms with Crippen molar-refractivity contribution in [1.82, 2.24) is 4.90 Å². The second kappa shape index (κ2) is 6.48. The van der Waals surface area contributed by atoms with Gasteiger partial charge in [0.1, 0.15) is 0 Å². The van der Waals surface area contributed by atoms with Crippen molar-refractivity contribution >= 4 is 11.9 Å². The molecule has 1 fully saturated rings. The van der Waals surface area contributed by atoms with Crippen LogP contribution in [-0.4, -0.2) is 47.7 Å². The third-order valence-corrected chi connectivity index (χ3v) is 2.73. The molecule has 1 rings (SSSR count). The number of nitrogens with zero attached hydrogens (tertiary/aromatic N) is 1. The monoisotopic (exact) mass is 229 g/mol. The Morgan fingerprint density at radius 2 is 2.19 bits per heavy atom. The van der Waals surface area contributed by atoms with E-state index in [-0.39, 0.29) is 12.5 Å². The summed E-state index contributed by atoms with van der Waals surface area (Å²) in [5, 5.41) is 8.96. The first-order valence-electron chi connectivity index (χ1n) is 5.76. The number of rotatable bonds is 5. The minimum atomic E-state index is -0.983. The molecular weight excluding hydrogens is 210 g/mol. The van der Waals surface area contributed by atoms with Crippen LogP contribution in [0.25, 0.3) is 0 Å². The Kier molecular flexibility index (Phi) is 5.25. The predicted octanol–water partition coefficient (Wildman–Crippen LogP) is 0.879. The number of carboxylic acid groups (broad SMARTS) is 1. The molecule has 0 aromatic heterocycles. The number of hydrogen-bond donors (Lipinski definition) is 1. The summed E-state index contributed by atoms with van der Waals surface area (Å²) in [6, 6.07) is -0.803. The van der Waals surface area contributed by atoms with E-state index in [1.54, 1.807) is 0 Å². The number of carbonyl (C=O) groups is 2. The number of morpholine rings is 1. The Morgan fingerprint density at radius 3 is 2.81 bits per heavy atom. The van der Waals surface area contributed by atoms with Crippen LogP contribution in [0, 0.1) is 0 Å². The summed E-state index contributed by atoms with van der Waals surface area (Å²) < 4.78 is 5.07. The van der Waals surface area contributed by atoms with Gasteiger partial charge in [-0.25, -0.2) is 4.79 Å². The second-order valence-electron chi connectivity index (χ2n) is 3.97. The Hall–Kier alpha value is -1.10. The maximum Gasteiger partial charge on any atom is 0.328 e. The van der Waals surface area contributed by atoms with Gasteiger partial charge in [-0.2, -0.15) is 0 Å². The molecule has 0 aromatic carbocycles. The fourth-order valence-electron chi connectivity index (χ4n) is 1.78. The predicted molar refractivity (Wildman–Crippen MR) is 58.1 cm³/mol. The number of carbonyl (C=O) groups excluding carboxylic acids is 1. The summed E-state index contributed by atoms with van der Waals surface area (Å²) in [5.41, 5.74) is 0. The van der Waals surface area contributed by atoms with Crippen molar-refractivity contribution < 1.29 is 19.4 Å². The Balaban J connectivity index is 2.47. The second-order valence-corrected chi connectivity index (χ2v) is 3.97. The summed E-state index contributed by atoms with van der Waals surface area (Å²) in [6.45, 7) is 3.00. The molecule has 5 heteroatoms. The van der Waals surface area contributed by atoms with Crippen molar-refractivity contribution in [2.75, 3.05) is 19.8 Å². The van der Waals surface area contributed by atoms with Gasteiger partial charge in [0.2, 0.25) is 5.91 Å². The van der Waals surface area contributed by atoms with Gasteiger partial charge in [-0.1, -0.05) is 19.8 Å². The van der Waals surface area contributed by atoms with Gasteiger partial charge in [0, 0.05) is 13.0 Å². The molecule has 1 amide bonds. The number of hydrogen-bond acceptors (Lipinski definition) is 3. The maximum atomic E-state index is 11.8. The van der Waals surface area contributed by atoms with Gasteiger partial charge in [0.15, 0.2) is 6.04 Å². The molecule has 1 atom stereocenters. The first-order valence-corrected chi connectivity index (χ1v) is 5.76. The van der Waals surface area contributed by atoms with E-state index < -0.39 is 12.0 Å². The van der Waals surface area contributed by atoms with Crippen LogP contribution in [0.1, 0.15) is 32.6 Å². The molecule has 1 saturated heterocycles. The number of ether oxygens (including phenoxy) is 1. The normalized spacial score (nSPS) is 20.8. The molecule has 1 heterocycles. The highest BCUT2D eigenvalue weighted by atomic mass is 16.5. The topological polar surface area (TPSA) is 66.8 Å². The lowest BCUT2D eigenvalue weighted by atomic mass is 10.1. The smallest absolute Gasteiger partial charge is 0.328 e. The van der Waals surface area contributed by atoms with Crippen molar-refractivity contribution in [3.63, 3.8) is 0 Å². The minimum absolute atomic E-state index is 0.0656. The Morgan fingerprint density at radius 1 is 1.44 bits per heavy atom. The van der Waals surface area contributed by atoms with E-state index in [1.807, 2.05) is 0 Å². The van der Waals surface area contributed by atoms with Gasteiger partial charge >= 0.3 is 5.97 Å². The third kappa shape index (κ3) is 3.48. The molecule has 1 aliphatic rings. The highest BCUT2D eigenvalue weighted by molar-refractivity contribution is 5.83. The highest BCUT2D eigenvalue weighted by Gasteiger charge is 2.32. The summed E-state index contributed by atoms with van der Waals surface area (Å²) >= 11 is 0. The van der Waals surface area contributed by atoms with E-state index >= 15 is 0 Å². The fourth-order valence-corrected chi connectivity index (χ4v) is 1.78. The van der Waals surface area contributed by atoms with E-state index in [0.717, 1.165) is 19.3 Å². The van der Waals surface area contributed by atoms with Crippen LogP contribution in [-0.2, 0) is 14.3 Å². The summed E-state index contributed by atoms with van der Waals surface area (Å²) in [6.07, 6.45) is 3.34. The van der Waals surface area contributed by atoms with Crippen LogP contribution in [0.3, 0.4) is 0 Å². The molecule has 5 nitrogen and oxygen atoms in total. The quantitative estimate of drug-likeness (QED) is 0.711. The van der Waals surface area contributed by atoms with E-state index in [2.05, 4.69) is 6.92 Å². The molecule has 0 spiro atoms. The van der Waals surface area contributed by atoms with Crippen molar-refractivity contribution in [3.8, 4) is 0 Å². The lowest BCUT2D eigenvalue weighted by Crippen LogP contribution is -2.52. The largest absolute Gasteiger partial charge is 0.480 e. The first-order chi connectivity index (χ1) is 7.66. The molecule has 0 aromatic rings. The molecule has 0 aliphatic carbocycles. The molecule has 1 N–H and O–H groups in total. The number of carboxylic acids is 1. The molecule has 16 heavy (non-hydrogen) atoms. The molecule has 92 valence electrons. The van der Waals surface area contributed by atoms with Crippen LogP contribution in [0.5, 0.6) is 0 Å². The third-order valence-electron chi connectivity index (χ3n) is 2.73. The lowest BCUT2D eigenvalue weighted by Gasteiger charge is -2.32. The highest BCUT2D eigenvalue weighted by Crippen LogP contribution is 2.11. The zero-order valence-corrected chi connectivity index (χ0v) is 9.65. The van der Waals surface area contributed by atoms with E-state index in [9.17, 15) is 9.59 Å². The zero-order chi connectivity index (χ0) is 12.0. The van der Waals surface area contributed by atoms with Gasteiger partial charge in [-0.3, -0.25) is 4.79 Å². The number of amides is 1. The minimum Gasteiger partial charge on any atom is -0.480 e. The van der Waals surface area contributed by atoms with Crippen molar-refractivity contribution in [2.24, 2.45) is 0 Å². The van der Waals surface area contributed by atoms with Gasteiger partial charge in [0.05, 0.1) is 13.2 Å². The average Bonchev–Trinajstić information content (AvgIpc) is 2.29. The molecule has 1 unspecified atom stereocenters.